The molecule has 0 N–H and O–H groups in total. The van der Waals surface area contributed by atoms with Crippen LogP contribution in [0, 0.1) is 0 Å². The first-order valence-electron chi connectivity index (χ1n) is 5.88. The minimum atomic E-state index is 1.15. The predicted molar refractivity (Wildman–Crippen MR) is 78.1 cm³/mol. The summed E-state index contributed by atoms with van der Waals surface area (Å²) in [5.74, 6) is 0. The highest BCUT2D eigenvalue weighted by molar-refractivity contribution is 9.11. The fourth-order valence-corrected chi connectivity index (χ4v) is 3.39. The summed E-state index contributed by atoms with van der Waals surface area (Å²) in [6.45, 7) is 4.45. The molecular weight excluding hydrogens is 280 g/mol. The molecule has 0 fully saturated rings. The Hall–Kier alpha value is -0.210. The second-order valence-electron chi connectivity index (χ2n) is 3.74. The van der Waals surface area contributed by atoms with Crippen LogP contribution in [-0.2, 0) is 0 Å². The molecule has 16 heavy (non-hydrogen) atoms. The highest BCUT2D eigenvalue weighted by atomic mass is 79.9. The zero-order chi connectivity index (χ0) is 11.8. The van der Waals surface area contributed by atoms with Crippen LogP contribution in [0.1, 0.15) is 39.5 Å². The maximum Gasteiger partial charge on any atom is 0.0119 e. The molecule has 1 aromatic carbocycles. The van der Waals surface area contributed by atoms with Crippen LogP contribution >= 0.6 is 27.7 Å². The van der Waals surface area contributed by atoms with Crippen LogP contribution in [0.2, 0.25) is 0 Å². The molecule has 0 saturated heterocycles. The first-order chi connectivity index (χ1) is 7.77. The van der Waals surface area contributed by atoms with Crippen LogP contribution in [0.3, 0.4) is 0 Å². The lowest BCUT2D eigenvalue weighted by Crippen LogP contribution is -1.83. The number of rotatable bonds is 6. The lowest BCUT2D eigenvalue weighted by Gasteiger charge is -2.09. The minimum absolute atomic E-state index is 1.15. The van der Waals surface area contributed by atoms with E-state index in [4.69, 9.17) is 0 Å². The number of benzene rings is 1. The van der Waals surface area contributed by atoms with Crippen LogP contribution in [0.25, 0.3) is 0 Å². The van der Waals surface area contributed by atoms with Gasteiger partial charge in [-0.05, 0) is 29.9 Å². The Labute approximate surface area is 112 Å². The fourth-order valence-electron chi connectivity index (χ4n) is 1.46. The zero-order valence-electron chi connectivity index (χ0n) is 10.0. The third-order valence-electron chi connectivity index (χ3n) is 2.23. The molecular formula is C14H19BrS. The molecule has 0 aliphatic heterocycles. The highest BCUT2D eigenvalue weighted by Gasteiger charge is 2.05. The van der Waals surface area contributed by atoms with E-state index in [1.807, 2.05) is 11.8 Å². The monoisotopic (exact) mass is 298 g/mol. The van der Waals surface area contributed by atoms with E-state index in [1.165, 1.54) is 33.5 Å². The zero-order valence-corrected chi connectivity index (χ0v) is 12.4. The Morgan fingerprint density at radius 1 is 1.06 bits per heavy atom. The first kappa shape index (κ1) is 13.9. The molecule has 0 unspecified atom stereocenters. The first-order valence-corrected chi connectivity index (χ1v) is 7.49. The van der Waals surface area contributed by atoms with Gasteiger partial charge in [-0.1, -0.05) is 72.6 Å². The van der Waals surface area contributed by atoms with E-state index in [2.05, 4.69) is 60.1 Å². The Balaban J connectivity index is 2.75. The van der Waals surface area contributed by atoms with Crippen LogP contribution in [0.4, 0.5) is 0 Å². The topological polar surface area (TPSA) is 0 Å². The van der Waals surface area contributed by atoms with Gasteiger partial charge in [0.05, 0.1) is 0 Å². The van der Waals surface area contributed by atoms with E-state index in [1.54, 1.807) is 0 Å². The van der Waals surface area contributed by atoms with Crippen molar-refractivity contribution in [2.24, 2.45) is 0 Å². The van der Waals surface area contributed by atoms with Gasteiger partial charge in [-0.3, -0.25) is 0 Å². The number of allylic oxidation sites excluding steroid dienone is 2. The van der Waals surface area contributed by atoms with E-state index >= 15 is 0 Å². The van der Waals surface area contributed by atoms with Crippen LogP contribution in [0.15, 0.2) is 44.6 Å². The van der Waals surface area contributed by atoms with E-state index < -0.39 is 0 Å². The summed E-state index contributed by atoms with van der Waals surface area (Å²) in [4.78, 5) is 2.81. The van der Waals surface area contributed by atoms with Gasteiger partial charge in [0, 0.05) is 9.38 Å². The summed E-state index contributed by atoms with van der Waals surface area (Å²) in [5.41, 5.74) is 0. The van der Waals surface area contributed by atoms with Gasteiger partial charge >= 0.3 is 0 Å². The molecule has 0 aliphatic rings. The van der Waals surface area contributed by atoms with Gasteiger partial charge in [-0.15, -0.1) is 0 Å². The smallest absolute Gasteiger partial charge is 0.0119 e. The number of thioether (sulfide) groups is 1. The van der Waals surface area contributed by atoms with Gasteiger partial charge in [0.15, 0.2) is 0 Å². The van der Waals surface area contributed by atoms with Crippen LogP contribution in [0.5, 0.6) is 0 Å². The highest BCUT2D eigenvalue weighted by Crippen LogP contribution is 2.35. The van der Waals surface area contributed by atoms with Gasteiger partial charge in [-0.25, -0.2) is 0 Å². The van der Waals surface area contributed by atoms with Crippen molar-refractivity contribution in [1.29, 1.82) is 0 Å². The molecule has 88 valence electrons. The van der Waals surface area contributed by atoms with E-state index in [9.17, 15) is 0 Å². The average molecular weight is 299 g/mol. The molecule has 0 bridgehead atoms. The largest absolute Gasteiger partial charge is 0.0937 e. The maximum atomic E-state index is 3.72. The standard InChI is InChI=1S/C14H19BrS/c1-3-8-13(15)14(9-4-2)16-12-10-6-5-7-11-12/h5-7,10-11H,3-4,8-9H2,1-2H3/b14-13+. The molecule has 0 radical (unpaired) electrons. The van der Waals surface area contributed by atoms with Crippen molar-refractivity contribution >= 4 is 27.7 Å². The molecule has 0 atom stereocenters. The quantitative estimate of drug-likeness (QED) is 0.582. The van der Waals surface area contributed by atoms with Gasteiger partial charge in [-0.2, -0.15) is 0 Å². The second-order valence-corrected chi connectivity index (χ2v) is 5.87. The lowest BCUT2D eigenvalue weighted by atomic mass is 10.2. The summed E-state index contributed by atoms with van der Waals surface area (Å²) in [7, 11) is 0. The molecule has 0 aliphatic carbocycles. The van der Waals surface area contributed by atoms with E-state index in [0.717, 1.165) is 6.42 Å². The second kappa shape index (κ2) is 7.97. The molecule has 0 heterocycles. The molecule has 0 amide bonds. The van der Waals surface area contributed by atoms with Crippen molar-refractivity contribution in [3.05, 3.63) is 39.7 Å². The number of hydrogen-bond donors (Lipinski definition) is 0. The maximum absolute atomic E-state index is 3.72. The van der Waals surface area contributed by atoms with Crippen LogP contribution < -0.4 is 0 Å². The van der Waals surface area contributed by atoms with Crippen molar-refractivity contribution in [2.75, 3.05) is 0 Å². The van der Waals surface area contributed by atoms with Crippen molar-refractivity contribution in [3.63, 3.8) is 0 Å². The fraction of sp³-hybridized carbons (Fsp3) is 0.429. The average Bonchev–Trinajstić information content (AvgIpc) is 2.30. The number of halogens is 1. The normalized spacial score (nSPS) is 12.4. The molecule has 1 aromatic rings. The summed E-state index contributed by atoms with van der Waals surface area (Å²) in [5, 5.41) is 0. The van der Waals surface area contributed by atoms with Crippen molar-refractivity contribution < 1.29 is 0 Å². The Morgan fingerprint density at radius 2 is 1.69 bits per heavy atom. The summed E-state index contributed by atoms with van der Waals surface area (Å²) < 4.78 is 1.38. The lowest BCUT2D eigenvalue weighted by molar-refractivity contribution is 0.905. The third kappa shape index (κ3) is 4.75. The third-order valence-corrected chi connectivity index (χ3v) is 4.58. The van der Waals surface area contributed by atoms with Crippen molar-refractivity contribution in [1.82, 2.24) is 0 Å². The van der Waals surface area contributed by atoms with Gasteiger partial charge in [0.1, 0.15) is 0 Å². The summed E-state index contributed by atoms with van der Waals surface area (Å²) in [6.07, 6.45) is 4.71. The van der Waals surface area contributed by atoms with E-state index in [-0.39, 0.29) is 0 Å². The molecule has 0 spiro atoms. The summed E-state index contributed by atoms with van der Waals surface area (Å²) >= 11 is 5.62. The van der Waals surface area contributed by atoms with Gasteiger partial charge in [0.2, 0.25) is 0 Å². The molecule has 0 saturated carbocycles. The SMILES string of the molecule is CCC/C(Br)=C(/CCC)Sc1ccccc1. The summed E-state index contributed by atoms with van der Waals surface area (Å²) in [6, 6.07) is 10.6. The molecule has 0 aromatic heterocycles. The van der Waals surface area contributed by atoms with Crippen molar-refractivity contribution in [3.8, 4) is 0 Å². The minimum Gasteiger partial charge on any atom is -0.0937 e. The molecule has 2 heteroatoms. The molecule has 1 rings (SSSR count). The van der Waals surface area contributed by atoms with E-state index in [0.29, 0.717) is 0 Å². The Kier molecular flexibility index (Phi) is 6.90. The molecule has 0 nitrogen and oxygen atoms in total. The number of hydrogen-bond acceptors (Lipinski definition) is 1. The van der Waals surface area contributed by atoms with Crippen LogP contribution in [-0.4, -0.2) is 0 Å². The van der Waals surface area contributed by atoms with Gasteiger partial charge in [0.25, 0.3) is 0 Å². The Morgan fingerprint density at radius 3 is 2.25 bits per heavy atom. The van der Waals surface area contributed by atoms with Crippen molar-refractivity contribution in [2.45, 2.75) is 44.4 Å². The predicted octanol–water partition coefficient (Wildman–Crippen LogP) is 5.99. The Bertz CT molecular complexity index is 330. The van der Waals surface area contributed by atoms with Gasteiger partial charge < -0.3 is 0 Å².